The highest BCUT2D eigenvalue weighted by atomic mass is 16.2. The molecule has 2 saturated heterocycles. The summed E-state index contributed by atoms with van der Waals surface area (Å²) in [7, 11) is 0. The van der Waals surface area contributed by atoms with Crippen molar-refractivity contribution in [3.8, 4) is 0 Å². The second-order valence-corrected chi connectivity index (χ2v) is 9.63. The number of hydrogen-bond donors (Lipinski definition) is 2. The van der Waals surface area contributed by atoms with E-state index in [4.69, 9.17) is 0 Å². The first-order valence-electron chi connectivity index (χ1n) is 11.4. The Hall–Kier alpha value is -2.67. The molecule has 3 aliphatic rings. The maximum Gasteiger partial charge on any atom is 0.328 e. The summed E-state index contributed by atoms with van der Waals surface area (Å²) in [6.07, 6.45) is 7.75. The molecule has 5 atom stereocenters. The van der Waals surface area contributed by atoms with Crippen LogP contribution in [0.5, 0.6) is 0 Å². The van der Waals surface area contributed by atoms with Gasteiger partial charge in [-0.05, 0) is 31.2 Å². The summed E-state index contributed by atoms with van der Waals surface area (Å²) in [4.78, 5) is 41.5. The number of carbonyl (C=O) groups excluding carboxylic acids is 1. The minimum atomic E-state index is -0.535. The van der Waals surface area contributed by atoms with Crippen LogP contribution in [0.25, 0.3) is 0 Å². The maximum atomic E-state index is 13.6. The molecular weight excluding hydrogens is 392 g/mol. The summed E-state index contributed by atoms with van der Waals surface area (Å²) in [5.74, 6) is -0.0321. The summed E-state index contributed by atoms with van der Waals surface area (Å²) in [5, 5.41) is 3.93. The van der Waals surface area contributed by atoms with E-state index >= 15 is 0 Å². The van der Waals surface area contributed by atoms with E-state index in [0.717, 1.165) is 32.1 Å². The van der Waals surface area contributed by atoms with Gasteiger partial charge in [-0.1, -0.05) is 50.1 Å². The number of H-pyrrole nitrogens is 1. The van der Waals surface area contributed by atoms with Crippen molar-refractivity contribution in [2.45, 2.75) is 76.2 Å². The molecule has 0 radical (unpaired) electrons. The lowest BCUT2D eigenvalue weighted by molar-refractivity contribution is -0.135. The van der Waals surface area contributed by atoms with Crippen LogP contribution in [0.15, 0.2) is 52.2 Å². The number of aromatic amines is 1. The van der Waals surface area contributed by atoms with Gasteiger partial charge in [0.2, 0.25) is 5.91 Å². The molecule has 0 unspecified atom stereocenters. The number of fused-ring (bicyclic) bond motifs is 1. The van der Waals surface area contributed by atoms with Gasteiger partial charge in [-0.2, -0.15) is 0 Å². The average molecular weight is 423 g/mol. The highest BCUT2D eigenvalue weighted by Gasteiger charge is 2.60. The Morgan fingerprint density at radius 3 is 2.68 bits per heavy atom. The third-order valence-corrected chi connectivity index (χ3v) is 7.79. The number of piperidine rings is 1. The SMILES string of the molecule is C[C@@]12C[C@H]3[C@H](Cc4ccccc4)N[C@@H]1CCCC[C@@H]2N3C(=O)Cn1ccc(=O)[nH]c1=O. The summed E-state index contributed by atoms with van der Waals surface area (Å²) in [6, 6.07) is 12.6. The van der Waals surface area contributed by atoms with E-state index in [0.29, 0.717) is 6.04 Å². The summed E-state index contributed by atoms with van der Waals surface area (Å²) < 4.78 is 1.31. The van der Waals surface area contributed by atoms with Crippen LogP contribution >= 0.6 is 0 Å². The van der Waals surface area contributed by atoms with Crippen LogP contribution in [0.3, 0.4) is 0 Å². The Kier molecular flexibility index (Phi) is 5.08. The molecule has 3 fully saturated rings. The molecule has 2 aromatic rings. The molecule has 1 amide bonds. The Morgan fingerprint density at radius 1 is 1.13 bits per heavy atom. The first-order chi connectivity index (χ1) is 15.0. The molecule has 7 nitrogen and oxygen atoms in total. The summed E-state index contributed by atoms with van der Waals surface area (Å²) >= 11 is 0. The zero-order valence-corrected chi connectivity index (χ0v) is 17.9. The van der Waals surface area contributed by atoms with E-state index < -0.39 is 11.2 Å². The fourth-order valence-electron chi connectivity index (χ4n) is 6.29. The van der Waals surface area contributed by atoms with Crippen LogP contribution < -0.4 is 16.6 Å². The van der Waals surface area contributed by atoms with Crippen molar-refractivity contribution in [1.29, 1.82) is 0 Å². The fourth-order valence-corrected chi connectivity index (χ4v) is 6.29. The molecule has 1 aromatic heterocycles. The number of likely N-dealkylation sites (tertiary alicyclic amines) is 1. The number of hydrogen-bond acceptors (Lipinski definition) is 4. The lowest BCUT2D eigenvalue weighted by atomic mass is 9.70. The van der Waals surface area contributed by atoms with Gasteiger partial charge in [0.15, 0.2) is 0 Å². The van der Waals surface area contributed by atoms with Crippen molar-refractivity contribution in [3.63, 3.8) is 0 Å². The molecule has 2 aliphatic heterocycles. The Morgan fingerprint density at radius 2 is 1.90 bits per heavy atom. The fraction of sp³-hybridized carbons (Fsp3) is 0.542. The number of carbonyl (C=O) groups is 1. The minimum absolute atomic E-state index is 0.0321. The van der Waals surface area contributed by atoms with E-state index in [-0.39, 0.29) is 36.0 Å². The van der Waals surface area contributed by atoms with E-state index in [2.05, 4.69) is 46.4 Å². The lowest BCUT2D eigenvalue weighted by Crippen LogP contribution is -2.57. The van der Waals surface area contributed by atoms with Crippen molar-refractivity contribution >= 4 is 5.91 Å². The topological polar surface area (TPSA) is 87.2 Å². The summed E-state index contributed by atoms with van der Waals surface area (Å²) in [6.45, 7) is 2.30. The molecule has 3 heterocycles. The third-order valence-electron chi connectivity index (χ3n) is 7.79. The number of amides is 1. The van der Waals surface area contributed by atoms with Crippen LogP contribution in [0.4, 0.5) is 0 Å². The molecule has 31 heavy (non-hydrogen) atoms. The number of rotatable bonds is 4. The zero-order valence-electron chi connectivity index (χ0n) is 17.9. The highest BCUT2D eigenvalue weighted by molar-refractivity contribution is 5.77. The van der Waals surface area contributed by atoms with Gasteiger partial charge in [-0.3, -0.25) is 19.1 Å². The predicted molar refractivity (Wildman–Crippen MR) is 118 cm³/mol. The van der Waals surface area contributed by atoms with Gasteiger partial charge >= 0.3 is 5.69 Å². The quantitative estimate of drug-likeness (QED) is 0.785. The van der Waals surface area contributed by atoms with E-state index in [9.17, 15) is 14.4 Å². The van der Waals surface area contributed by atoms with Crippen molar-refractivity contribution in [3.05, 3.63) is 69.0 Å². The van der Waals surface area contributed by atoms with Crippen molar-refractivity contribution in [2.24, 2.45) is 5.41 Å². The van der Waals surface area contributed by atoms with E-state index in [1.54, 1.807) is 0 Å². The van der Waals surface area contributed by atoms with Crippen LogP contribution in [0, 0.1) is 5.41 Å². The van der Waals surface area contributed by atoms with E-state index in [1.807, 2.05) is 6.07 Å². The Balaban J connectivity index is 1.47. The van der Waals surface area contributed by atoms with Gasteiger partial charge in [0.05, 0.1) is 0 Å². The van der Waals surface area contributed by atoms with Crippen LogP contribution in [-0.4, -0.2) is 44.5 Å². The highest BCUT2D eigenvalue weighted by Crippen LogP contribution is 2.52. The van der Waals surface area contributed by atoms with Gasteiger partial charge in [0.1, 0.15) is 6.54 Å². The molecule has 2 N–H and O–H groups in total. The molecule has 1 aromatic carbocycles. The number of aromatic nitrogens is 2. The van der Waals surface area contributed by atoms with Crippen LogP contribution in [0.1, 0.15) is 44.6 Å². The van der Waals surface area contributed by atoms with Crippen molar-refractivity contribution < 1.29 is 4.79 Å². The largest absolute Gasteiger partial charge is 0.333 e. The maximum absolute atomic E-state index is 13.6. The molecule has 2 bridgehead atoms. The lowest BCUT2D eigenvalue weighted by Gasteiger charge is -2.43. The number of nitrogens with zero attached hydrogens (tertiary/aromatic N) is 2. The van der Waals surface area contributed by atoms with Gasteiger partial charge in [0, 0.05) is 41.8 Å². The monoisotopic (exact) mass is 422 g/mol. The molecule has 7 heteroatoms. The number of nitrogens with one attached hydrogen (secondary N) is 2. The van der Waals surface area contributed by atoms with Gasteiger partial charge < -0.3 is 10.2 Å². The van der Waals surface area contributed by atoms with E-state index in [1.165, 1.54) is 28.8 Å². The molecule has 5 rings (SSSR count). The first-order valence-corrected chi connectivity index (χ1v) is 11.4. The standard InChI is InChI=1S/C24H30N4O3/c1-24-14-18-17(13-16-7-3-2-4-8-16)25-19(24)9-5-6-10-20(24)28(18)22(30)15-27-12-11-21(29)26-23(27)31/h2-4,7-8,11-12,17-20,25H,5-6,9-10,13-15H2,1H3,(H,26,29,31)/t17-,18-,19+,20-,24+/m0/s1. The average Bonchev–Trinajstić information content (AvgIpc) is 2.90. The zero-order chi connectivity index (χ0) is 21.6. The third kappa shape index (κ3) is 3.55. The first kappa shape index (κ1) is 20.2. The normalized spacial score (nSPS) is 32.0. The van der Waals surface area contributed by atoms with Crippen LogP contribution in [-0.2, 0) is 17.8 Å². The summed E-state index contributed by atoms with van der Waals surface area (Å²) in [5.41, 5.74) is 0.344. The molecular formula is C24H30N4O3. The second kappa shape index (κ2) is 7.79. The van der Waals surface area contributed by atoms with Crippen molar-refractivity contribution in [2.75, 3.05) is 0 Å². The molecule has 1 saturated carbocycles. The second-order valence-electron chi connectivity index (χ2n) is 9.63. The Bertz CT molecular complexity index is 1080. The Labute approximate surface area is 181 Å². The minimum Gasteiger partial charge on any atom is -0.333 e. The van der Waals surface area contributed by atoms with Crippen LogP contribution in [0.2, 0.25) is 0 Å². The molecule has 0 spiro atoms. The number of benzene rings is 1. The molecule has 164 valence electrons. The van der Waals surface area contributed by atoms with Gasteiger partial charge in [-0.15, -0.1) is 0 Å². The van der Waals surface area contributed by atoms with Crippen molar-refractivity contribution in [1.82, 2.24) is 19.8 Å². The predicted octanol–water partition coefficient (Wildman–Crippen LogP) is 1.67. The molecule has 1 aliphatic carbocycles. The van der Waals surface area contributed by atoms with Gasteiger partial charge in [0.25, 0.3) is 5.56 Å². The smallest absolute Gasteiger partial charge is 0.328 e. The van der Waals surface area contributed by atoms with Gasteiger partial charge in [-0.25, -0.2) is 4.79 Å².